The highest BCUT2D eigenvalue weighted by Crippen LogP contribution is 2.16. The van der Waals surface area contributed by atoms with Gasteiger partial charge in [0.15, 0.2) is 0 Å². The van der Waals surface area contributed by atoms with Crippen LogP contribution in [-0.2, 0) is 29.3 Å². The lowest BCUT2D eigenvalue weighted by atomic mass is 10.1. The second kappa shape index (κ2) is 10.3. The third-order valence-electron chi connectivity index (χ3n) is 4.46. The number of ether oxygens (including phenoxy) is 1. The maximum atomic E-state index is 14.1. The summed E-state index contributed by atoms with van der Waals surface area (Å²) in [7, 11) is 0. The first-order valence-electron chi connectivity index (χ1n) is 9.56. The molecule has 2 N–H and O–H groups in total. The van der Waals surface area contributed by atoms with Crippen molar-refractivity contribution in [3.8, 4) is 0 Å². The van der Waals surface area contributed by atoms with Crippen molar-refractivity contribution in [1.82, 2.24) is 5.32 Å². The molecule has 0 unspecified atom stereocenters. The summed E-state index contributed by atoms with van der Waals surface area (Å²) in [6.45, 7) is 2.46. The molecule has 0 saturated heterocycles. The molecular formula is C24H23FN2O3. The summed E-state index contributed by atoms with van der Waals surface area (Å²) in [5.41, 5.74) is 3.15. The SMILES string of the molecule is CC(=O)Nc1ccc(F)c(C(=O)NCc2ccccc2COCc2ccccc2)c1. The van der Waals surface area contributed by atoms with Crippen molar-refractivity contribution in [3.05, 3.63) is 101 Å². The Balaban J connectivity index is 1.62. The first kappa shape index (κ1) is 21.2. The number of carbonyl (C=O) groups excluding carboxylic acids is 2. The molecule has 3 aromatic rings. The molecule has 0 fully saturated rings. The van der Waals surface area contributed by atoms with Crippen LogP contribution >= 0.6 is 0 Å². The van der Waals surface area contributed by atoms with Gasteiger partial charge >= 0.3 is 0 Å². The van der Waals surface area contributed by atoms with Crippen LogP contribution in [0.2, 0.25) is 0 Å². The van der Waals surface area contributed by atoms with Crippen LogP contribution in [0.3, 0.4) is 0 Å². The number of rotatable bonds is 8. The van der Waals surface area contributed by atoms with E-state index in [0.29, 0.717) is 18.9 Å². The number of halogens is 1. The zero-order valence-corrected chi connectivity index (χ0v) is 16.7. The number of anilines is 1. The van der Waals surface area contributed by atoms with Crippen LogP contribution in [0.15, 0.2) is 72.8 Å². The van der Waals surface area contributed by atoms with Crippen molar-refractivity contribution in [2.75, 3.05) is 5.32 Å². The van der Waals surface area contributed by atoms with E-state index in [2.05, 4.69) is 10.6 Å². The molecule has 0 aliphatic carbocycles. The first-order chi connectivity index (χ1) is 14.5. The Kier molecular flexibility index (Phi) is 7.29. The normalized spacial score (nSPS) is 10.5. The van der Waals surface area contributed by atoms with E-state index in [-0.39, 0.29) is 18.0 Å². The van der Waals surface area contributed by atoms with E-state index in [4.69, 9.17) is 4.74 Å². The molecule has 0 bridgehead atoms. The van der Waals surface area contributed by atoms with E-state index in [1.165, 1.54) is 19.1 Å². The molecule has 0 spiro atoms. The highest BCUT2D eigenvalue weighted by molar-refractivity contribution is 5.97. The van der Waals surface area contributed by atoms with E-state index in [0.717, 1.165) is 22.8 Å². The van der Waals surface area contributed by atoms with Crippen LogP contribution in [0.25, 0.3) is 0 Å². The topological polar surface area (TPSA) is 67.4 Å². The largest absolute Gasteiger partial charge is 0.372 e. The van der Waals surface area contributed by atoms with Crippen LogP contribution in [0.4, 0.5) is 10.1 Å². The van der Waals surface area contributed by atoms with Gasteiger partial charge in [-0.25, -0.2) is 4.39 Å². The Labute approximate surface area is 174 Å². The quantitative estimate of drug-likeness (QED) is 0.582. The predicted molar refractivity (Wildman–Crippen MR) is 113 cm³/mol. The molecule has 0 aromatic heterocycles. The van der Waals surface area contributed by atoms with E-state index in [9.17, 15) is 14.0 Å². The highest BCUT2D eigenvalue weighted by atomic mass is 19.1. The number of hydrogen-bond acceptors (Lipinski definition) is 3. The zero-order valence-electron chi connectivity index (χ0n) is 16.7. The molecule has 2 amide bonds. The summed E-state index contributed by atoms with van der Waals surface area (Å²) in [6, 6.07) is 21.4. The molecular weight excluding hydrogens is 383 g/mol. The fraction of sp³-hybridized carbons (Fsp3) is 0.167. The van der Waals surface area contributed by atoms with Crippen molar-refractivity contribution >= 4 is 17.5 Å². The maximum absolute atomic E-state index is 14.1. The van der Waals surface area contributed by atoms with Gasteiger partial charge in [-0.05, 0) is 34.9 Å². The number of benzene rings is 3. The smallest absolute Gasteiger partial charge is 0.254 e. The minimum atomic E-state index is -0.652. The Morgan fingerprint density at radius 3 is 2.33 bits per heavy atom. The summed E-state index contributed by atoms with van der Waals surface area (Å²) >= 11 is 0. The Morgan fingerprint density at radius 1 is 0.900 bits per heavy atom. The van der Waals surface area contributed by atoms with Crippen LogP contribution in [-0.4, -0.2) is 11.8 Å². The molecule has 154 valence electrons. The minimum Gasteiger partial charge on any atom is -0.372 e. The van der Waals surface area contributed by atoms with Crippen molar-refractivity contribution in [2.24, 2.45) is 0 Å². The zero-order chi connectivity index (χ0) is 21.3. The first-order valence-corrected chi connectivity index (χ1v) is 9.56. The number of carbonyl (C=O) groups is 2. The molecule has 0 saturated carbocycles. The summed E-state index contributed by atoms with van der Waals surface area (Å²) in [4.78, 5) is 23.7. The fourth-order valence-electron chi connectivity index (χ4n) is 2.97. The average molecular weight is 406 g/mol. The van der Waals surface area contributed by atoms with Gasteiger partial charge < -0.3 is 15.4 Å². The molecule has 0 aliphatic heterocycles. The van der Waals surface area contributed by atoms with Gasteiger partial charge in [-0.15, -0.1) is 0 Å². The summed E-state index contributed by atoms with van der Waals surface area (Å²) in [5.74, 6) is -1.50. The molecule has 5 nitrogen and oxygen atoms in total. The van der Waals surface area contributed by atoms with Crippen molar-refractivity contribution in [1.29, 1.82) is 0 Å². The molecule has 0 atom stereocenters. The minimum absolute atomic E-state index is 0.126. The van der Waals surface area contributed by atoms with Crippen molar-refractivity contribution < 1.29 is 18.7 Å². The lowest BCUT2D eigenvalue weighted by Gasteiger charge is -2.12. The van der Waals surface area contributed by atoms with Crippen LogP contribution in [0, 0.1) is 5.82 Å². The lowest BCUT2D eigenvalue weighted by molar-refractivity contribution is -0.114. The van der Waals surface area contributed by atoms with E-state index in [1.54, 1.807) is 0 Å². The summed E-state index contributed by atoms with van der Waals surface area (Å²) in [6.07, 6.45) is 0. The fourth-order valence-corrected chi connectivity index (χ4v) is 2.97. The third kappa shape index (κ3) is 5.99. The van der Waals surface area contributed by atoms with Gasteiger partial charge in [-0.2, -0.15) is 0 Å². The third-order valence-corrected chi connectivity index (χ3v) is 4.46. The molecule has 0 radical (unpaired) electrons. The van der Waals surface area contributed by atoms with Crippen molar-refractivity contribution in [3.63, 3.8) is 0 Å². The van der Waals surface area contributed by atoms with Gasteiger partial charge in [0, 0.05) is 19.2 Å². The Hall–Kier alpha value is -3.51. The van der Waals surface area contributed by atoms with Gasteiger partial charge in [0.2, 0.25) is 5.91 Å². The summed E-state index contributed by atoms with van der Waals surface area (Å²) in [5, 5.41) is 5.28. The monoisotopic (exact) mass is 406 g/mol. The Morgan fingerprint density at radius 2 is 1.60 bits per heavy atom. The maximum Gasteiger partial charge on any atom is 0.254 e. The van der Waals surface area contributed by atoms with Gasteiger partial charge in [0.05, 0.1) is 18.8 Å². The number of hydrogen-bond donors (Lipinski definition) is 2. The van der Waals surface area contributed by atoms with Gasteiger partial charge in [-0.3, -0.25) is 9.59 Å². The molecule has 0 heterocycles. The molecule has 3 rings (SSSR count). The molecule has 30 heavy (non-hydrogen) atoms. The number of nitrogens with one attached hydrogen (secondary N) is 2. The van der Waals surface area contributed by atoms with Crippen LogP contribution in [0.1, 0.15) is 34.0 Å². The predicted octanol–water partition coefficient (Wildman–Crippen LogP) is 4.43. The second-order valence-corrected chi connectivity index (χ2v) is 6.81. The van der Waals surface area contributed by atoms with Crippen molar-refractivity contribution in [2.45, 2.75) is 26.7 Å². The van der Waals surface area contributed by atoms with E-state index in [1.807, 2.05) is 54.6 Å². The lowest BCUT2D eigenvalue weighted by Crippen LogP contribution is -2.24. The average Bonchev–Trinajstić information content (AvgIpc) is 2.74. The molecule has 3 aromatic carbocycles. The second-order valence-electron chi connectivity index (χ2n) is 6.81. The number of amides is 2. The van der Waals surface area contributed by atoms with Crippen LogP contribution < -0.4 is 10.6 Å². The van der Waals surface area contributed by atoms with E-state index < -0.39 is 11.7 Å². The standard InChI is InChI=1S/C24H23FN2O3/c1-17(28)27-21-11-12-23(25)22(13-21)24(29)26-14-19-9-5-6-10-20(19)16-30-15-18-7-3-2-4-8-18/h2-13H,14-16H2,1H3,(H,26,29)(H,27,28). The van der Waals surface area contributed by atoms with Gasteiger partial charge in [0.25, 0.3) is 5.91 Å². The molecule has 0 aliphatic rings. The summed E-state index contributed by atoms with van der Waals surface area (Å²) < 4.78 is 19.9. The van der Waals surface area contributed by atoms with Gasteiger partial charge in [-0.1, -0.05) is 54.6 Å². The van der Waals surface area contributed by atoms with Gasteiger partial charge in [0.1, 0.15) is 5.82 Å². The van der Waals surface area contributed by atoms with Crippen LogP contribution in [0.5, 0.6) is 0 Å². The van der Waals surface area contributed by atoms with E-state index >= 15 is 0 Å². The Bertz CT molecular complexity index is 1020. The highest BCUT2D eigenvalue weighted by Gasteiger charge is 2.13. The molecule has 6 heteroatoms.